The quantitative estimate of drug-likeness (QED) is 0.360. The number of aryl methyl sites for hydroxylation is 1. The van der Waals surface area contributed by atoms with Crippen molar-refractivity contribution in [3.63, 3.8) is 0 Å². The monoisotopic (exact) mass is 244 g/mol. The maximum atomic E-state index is 11.1. The first-order valence-corrected chi connectivity index (χ1v) is 6.99. The van der Waals surface area contributed by atoms with Gasteiger partial charge in [-0.25, -0.2) is 0 Å². The molecule has 0 saturated carbocycles. The topological polar surface area (TPSA) is 17.1 Å². The van der Waals surface area contributed by atoms with Gasteiger partial charge in [0.1, 0.15) is 6.29 Å². The Morgan fingerprint density at radius 2 is 1.83 bits per heavy atom. The fraction of sp³-hybridized carbons (Fsp3) is 0.471. The largest absolute Gasteiger partial charge is 0.298 e. The first-order chi connectivity index (χ1) is 8.77. The molecule has 1 heteroatoms. The molecule has 0 atom stereocenters. The van der Waals surface area contributed by atoms with Gasteiger partial charge >= 0.3 is 0 Å². The van der Waals surface area contributed by atoms with Crippen molar-refractivity contribution in [2.75, 3.05) is 0 Å². The fourth-order valence-corrected chi connectivity index (χ4v) is 2.05. The van der Waals surface area contributed by atoms with Gasteiger partial charge in [-0.05, 0) is 42.5 Å². The summed E-state index contributed by atoms with van der Waals surface area (Å²) in [6, 6.07) is 8.19. The first-order valence-electron chi connectivity index (χ1n) is 6.99. The van der Waals surface area contributed by atoms with E-state index in [1.807, 2.05) is 18.2 Å². The lowest BCUT2D eigenvalue weighted by Gasteiger charge is -2.03. The van der Waals surface area contributed by atoms with Crippen LogP contribution in [0, 0.1) is 6.92 Å². The van der Waals surface area contributed by atoms with Gasteiger partial charge in [-0.3, -0.25) is 4.79 Å². The molecule has 0 fully saturated rings. The molecule has 0 spiro atoms. The summed E-state index contributed by atoms with van der Waals surface area (Å²) in [4.78, 5) is 11.1. The number of benzene rings is 1. The number of allylic oxidation sites excluding steroid dienone is 1. The molecule has 1 aromatic rings. The minimum Gasteiger partial charge on any atom is -0.298 e. The fourth-order valence-electron chi connectivity index (χ4n) is 2.05. The second-order valence-electron chi connectivity index (χ2n) is 4.86. The smallest absolute Gasteiger partial charge is 0.146 e. The third-order valence-electron chi connectivity index (χ3n) is 3.25. The van der Waals surface area contributed by atoms with E-state index < -0.39 is 0 Å². The number of hydrogen-bond donors (Lipinski definition) is 0. The summed E-state index contributed by atoms with van der Waals surface area (Å²) < 4.78 is 0. The van der Waals surface area contributed by atoms with Gasteiger partial charge in [-0.2, -0.15) is 0 Å². The number of carbonyl (C=O) groups is 1. The Bertz CT molecular complexity index is 390. The van der Waals surface area contributed by atoms with E-state index in [4.69, 9.17) is 0 Å². The van der Waals surface area contributed by atoms with Crippen molar-refractivity contribution in [1.29, 1.82) is 0 Å². The molecule has 18 heavy (non-hydrogen) atoms. The summed E-state index contributed by atoms with van der Waals surface area (Å²) in [5.74, 6) is 0. The zero-order valence-electron chi connectivity index (χ0n) is 11.6. The van der Waals surface area contributed by atoms with E-state index in [1.54, 1.807) is 0 Å². The second-order valence-corrected chi connectivity index (χ2v) is 4.86. The maximum absolute atomic E-state index is 11.1. The van der Waals surface area contributed by atoms with E-state index >= 15 is 0 Å². The van der Waals surface area contributed by atoms with Gasteiger partial charge in [-0.15, -0.1) is 0 Å². The molecule has 1 nitrogen and oxygen atoms in total. The van der Waals surface area contributed by atoms with Crippen LogP contribution < -0.4 is 0 Å². The van der Waals surface area contributed by atoms with Gasteiger partial charge in [0.15, 0.2) is 0 Å². The molecule has 0 bridgehead atoms. The van der Waals surface area contributed by atoms with Crippen LogP contribution in [-0.4, -0.2) is 6.29 Å². The van der Waals surface area contributed by atoms with Crippen molar-refractivity contribution in [2.24, 2.45) is 0 Å². The molecule has 0 saturated heterocycles. The van der Waals surface area contributed by atoms with Crippen molar-refractivity contribution >= 4 is 12.4 Å². The number of carbonyl (C=O) groups excluding carboxylic acids is 1. The summed E-state index contributed by atoms with van der Waals surface area (Å²) >= 11 is 0. The van der Waals surface area contributed by atoms with Gasteiger partial charge in [0.05, 0.1) is 0 Å². The SMILES string of the molecule is CCCCCCC/C(C=O)=C\c1ccccc1C. The summed E-state index contributed by atoms with van der Waals surface area (Å²) in [6.45, 7) is 4.30. The van der Waals surface area contributed by atoms with E-state index in [-0.39, 0.29) is 0 Å². The molecule has 0 aliphatic carbocycles. The highest BCUT2D eigenvalue weighted by atomic mass is 16.1. The van der Waals surface area contributed by atoms with Crippen LogP contribution >= 0.6 is 0 Å². The molecular formula is C17H24O. The van der Waals surface area contributed by atoms with Crippen LogP contribution in [0.15, 0.2) is 29.8 Å². The number of hydrogen-bond acceptors (Lipinski definition) is 1. The highest BCUT2D eigenvalue weighted by Crippen LogP contribution is 2.15. The van der Waals surface area contributed by atoms with Crippen LogP contribution in [0.25, 0.3) is 6.08 Å². The summed E-state index contributed by atoms with van der Waals surface area (Å²) in [5.41, 5.74) is 3.30. The van der Waals surface area contributed by atoms with Gasteiger partial charge < -0.3 is 0 Å². The van der Waals surface area contributed by atoms with Crippen molar-refractivity contribution in [1.82, 2.24) is 0 Å². The zero-order valence-corrected chi connectivity index (χ0v) is 11.6. The molecule has 0 unspecified atom stereocenters. The molecule has 0 aliphatic rings. The molecule has 0 aromatic heterocycles. The molecule has 1 rings (SSSR count). The lowest BCUT2D eigenvalue weighted by molar-refractivity contribution is -0.105. The Labute approximate surface area is 111 Å². The van der Waals surface area contributed by atoms with E-state index in [2.05, 4.69) is 26.0 Å². The molecule has 1 aromatic carbocycles. The highest BCUT2D eigenvalue weighted by Gasteiger charge is 1.99. The zero-order chi connectivity index (χ0) is 13.2. The lowest BCUT2D eigenvalue weighted by Crippen LogP contribution is -1.88. The normalized spacial score (nSPS) is 11.6. The molecule has 0 amide bonds. The average Bonchev–Trinajstić information content (AvgIpc) is 2.39. The van der Waals surface area contributed by atoms with Crippen LogP contribution in [0.1, 0.15) is 56.6 Å². The van der Waals surface area contributed by atoms with Gasteiger partial charge in [-0.1, -0.05) is 56.9 Å². The van der Waals surface area contributed by atoms with Crippen LogP contribution in [0.5, 0.6) is 0 Å². The van der Waals surface area contributed by atoms with Crippen molar-refractivity contribution in [2.45, 2.75) is 52.4 Å². The average molecular weight is 244 g/mol. The van der Waals surface area contributed by atoms with Crippen LogP contribution in [0.2, 0.25) is 0 Å². The van der Waals surface area contributed by atoms with Crippen LogP contribution in [-0.2, 0) is 4.79 Å². The number of aldehydes is 1. The van der Waals surface area contributed by atoms with Gasteiger partial charge in [0, 0.05) is 0 Å². The Morgan fingerprint density at radius 3 is 2.50 bits per heavy atom. The van der Waals surface area contributed by atoms with Crippen molar-refractivity contribution in [3.8, 4) is 0 Å². The number of unbranched alkanes of at least 4 members (excludes halogenated alkanes) is 4. The van der Waals surface area contributed by atoms with E-state index in [1.165, 1.54) is 31.2 Å². The Hall–Kier alpha value is -1.37. The second kappa shape index (κ2) is 8.68. The summed E-state index contributed by atoms with van der Waals surface area (Å²) in [7, 11) is 0. The molecule has 0 aliphatic heterocycles. The minimum absolute atomic E-state index is 0.904. The molecule has 0 radical (unpaired) electrons. The van der Waals surface area contributed by atoms with E-state index in [0.717, 1.165) is 30.3 Å². The summed E-state index contributed by atoms with van der Waals surface area (Å²) in [6.07, 6.45) is 10.1. The van der Waals surface area contributed by atoms with Gasteiger partial charge in [0.2, 0.25) is 0 Å². The predicted octanol–water partition coefficient (Wildman–Crippen LogP) is 4.94. The van der Waals surface area contributed by atoms with Crippen molar-refractivity contribution in [3.05, 3.63) is 41.0 Å². The van der Waals surface area contributed by atoms with Gasteiger partial charge in [0.25, 0.3) is 0 Å². The maximum Gasteiger partial charge on any atom is 0.146 e. The third kappa shape index (κ3) is 5.31. The Kier molecular flexibility index (Phi) is 7.09. The highest BCUT2D eigenvalue weighted by molar-refractivity contribution is 5.82. The molecule has 0 heterocycles. The van der Waals surface area contributed by atoms with Crippen molar-refractivity contribution < 1.29 is 4.79 Å². The summed E-state index contributed by atoms with van der Waals surface area (Å²) in [5, 5.41) is 0. The number of rotatable bonds is 8. The third-order valence-corrected chi connectivity index (χ3v) is 3.25. The van der Waals surface area contributed by atoms with Crippen LogP contribution in [0.3, 0.4) is 0 Å². The van der Waals surface area contributed by atoms with E-state index in [0.29, 0.717) is 0 Å². The molecule has 98 valence electrons. The molecule has 0 N–H and O–H groups in total. The van der Waals surface area contributed by atoms with Crippen LogP contribution in [0.4, 0.5) is 0 Å². The van der Waals surface area contributed by atoms with E-state index in [9.17, 15) is 4.79 Å². The Balaban J connectivity index is 2.50. The predicted molar refractivity (Wildman–Crippen MR) is 78.6 cm³/mol. The Morgan fingerprint density at radius 1 is 1.11 bits per heavy atom. The standard InChI is InChI=1S/C17H24O/c1-3-4-5-6-7-11-16(14-18)13-17-12-9-8-10-15(17)2/h8-10,12-14H,3-7,11H2,1-2H3/b16-13+. The lowest BCUT2D eigenvalue weighted by atomic mass is 10.0. The molecular weight excluding hydrogens is 220 g/mol. The minimum atomic E-state index is 0.904. The first kappa shape index (κ1) is 14.7.